The lowest BCUT2D eigenvalue weighted by molar-refractivity contribution is -0.376. The number of amides is 4. The van der Waals surface area contributed by atoms with E-state index in [0.717, 1.165) is 49.5 Å². The molecule has 2 aliphatic heterocycles. The van der Waals surface area contributed by atoms with Gasteiger partial charge in [0.25, 0.3) is 29.2 Å². The van der Waals surface area contributed by atoms with Gasteiger partial charge in [0.05, 0.1) is 33.4 Å². The van der Waals surface area contributed by atoms with Crippen LogP contribution in [0.3, 0.4) is 0 Å². The molecule has 20 heteroatoms. The molecule has 0 spiro atoms. The van der Waals surface area contributed by atoms with Crippen molar-refractivity contribution in [3.63, 3.8) is 0 Å². The Morgan fingerprint density at radius 2 is 0.889 bits per heavy atom. The molecule has 372 valence electrons. The minimum atomic E-state index is -6.71. The lowest BCUT2D eigenvalue weighted by Gasteiger charge is -2.39. The first kappa shape index (κ1) is 49.7. The molecule has 0 fully saturated rings. The molecular weight excluding hydrogens is 977 g/mol. The first-order chi connectivity index (χ1) is 33.3. The van der Waals surface area contributed by atoms with Crippen molar-refractivity contribution in [2.45, 2.75) is 67.5 Å². The van der Waals surface area contributed by atoms with Gasteiger partial charge in [-0.2, -0.15) is 52.7 Å². The van der Waals surface area contributed by atoms with E-state index in [4.69, 9.17) is 0 Å². The van der Waals surface area contributed by atoms with E-state index in [1.807, 2.05) is 0 Å². The number of carbonyl (C=O) groups is 4. The lowest BCUT2D eigenvalue weighted by atomic mass is 9.66. The molecule has 0 radical (unpaired) electrons. The molecule has 2 unspecified atom stereocenters. The summed E-state index contributed by atoms with van der Waals surface area (Å²) in [5.74, 6) is -5.08. The zero-order valence-corrected chi connectivity index (χ0v) is 37.5. The third-order valence-corrected chi connectivity index (χ3v) is 14.3. The van der Waals surface area contributed by atoms with E-state index in [-0.39, 0.29) is 38.8 Å². The summed E-state index contributed by atoms with van der Waals surface area (Å²) in [7, 11) is 1.10. The van der Waals surface area contributed by atoms with E-state index in [2.05, 4.69) is 0 Å². The Kier molecular flexibility index (Phi) is 10.8. The largest absolute Gasteiger partial charge is 0.430 e. The Labute approximate surface area is 399 Å². The van der Waals surface area contributed by atoms with Crippen molar-refractivity contribution in [1.82, 2.24) is 4.90 Å². The highest BCUT2D eigenvalue weighted by atomic mass is 19.4. The normalized spacial score (nSPS) is 17.4. The summed E-state index contributed by atoms with van der Waals surface area (Å²) in [6.45, 7) is 2.32. The third-order valence-electron chi connectivity index (χ3n) is 14.3. The van der Waals surface area contributed by atoms with E-state index in [1.54, 1.807) is 12.1 Å². The number of anilines is 1. The van der Waals surface area contributed by atoms with Crippen LogP contribution in [0.5, 0.6) is 0 Å². The smallest absolute Gasteiger partial charge is 0.376 e. The molecule has 72 heavy (non-hydrogen) atoms. The fourth-order valence-electron chi connectivity index (χ4n) is 10.2. The molecule has 0 bridgehead atoms. The minimum Gasteiger partial charge on any atom is -0.376 e. The van der Waals surface area contributed by atoms with Gasteiger partial charge in [0.15, 0.2) is 5.60 Å². The first-order valence-electron chi connectivity index (χ1n) is 21.5. The number of alkyl halides is 12. The van der Waals surface area contributed by atoms with Crippen LogP contribution >= 0.6 is 0 Å². The van der Waals surface area contributed by atoms with Crippen molar-refractivity contribution < 1.29 is 82.1 Å². The maximum atomic E-state index is 15.4. The number of halogens is 12. The van der Waals surface area contributed by atoms with Gasteiger partial charge in [0.1, 0.15) is 5.41 Å². The summed E-state index contributed by atoms with van der Waals surface area (Å²) in [5.41, 5.74) is -23.1. The molecule has 6 aromatic carbocycles. The fourth-order valence-corrected chi connectivity index (χ4v) is 10.2. The van der Waals surface area contributed by atoms with Gasteiger partial charge >= 0.3 is 24.7 Å². The van der Waals surface area contributed by atoms with Gasteiger partial charge in [0, 0.05) is 12.6 Å². The molecule has 3 aliphatic rings. The standard InChI is InChI=1S/C52H34F12N2O6/c1-25-13-14-28(23-38(25)46(3,71)50(56,57)58)47(36-11-7-5-9-30(36)31-10-6-8-12-37(31)47)29-17-20-40(39(24-29)48(72,51(59,60)61)52(62,63)64)66-43(69)33-19-16-27(22-35(33)44(66)70)45(2,49(53,54)55)26-15-18-32-34(21-26)42(68)65(4)41(32)67/h5-24,71-72H,1-4H3. The van der Waals surface area contributed by atoms with Crippen LogP contribution in [0.2, 0.25) is 0 Å². The highest BCUT2D eigenvalue weighted by molar-refractivity contribution is 6.34. The summed E-state index contributed by atoms with van der Waals surface area (Å²) >= 11 is 0. The van der Waals surface area contributed by atoms with Crippen molar-refractivity contribution in [3.05, 3.63) is 194 Å². The molecule has 0 saturated carbocycles. The van der Waals surface area contributed by atoms with Crippen LogP contribution in [0.1, 0.15) is 105 Å². The van der Waals surface area contributed by atoms with Gasteiger partial charge < -0.3 is 10.2 Å². The summed E-state index contributed by atoms with van der Waals surface area (Å²) in [5, 5.41) is 22.3. The van der Waals surface area contributed by atoms with Crippen LogP contribution in [0.25, 0.3) is 11.1 Å². The molecule has 0 aromatic heterocycles. The molecule has 2 N–H and O–H groups in total. The minimum absolute atomic E-state index is 0.0984. The maximum Gasteiger partial charge on any atom is 0.430 e. The molecule has 6 aromatic rings. The van der Waals surface area contributed by atoms with Gasteiger partial charge in [-0.15, -0.1) is 0 Å². The molecule has 1 aliphatic carbocycles. The number of benzene rings is 6. The van der Waals surface area contributed by atoms with Crippen LogP contribution in [0.15, 0.2) is 121 Å². The van der Waals surface area contributed by atoms with Gasteiger partial charge in [-0.25, -0.2) is 4.90 Å². The summed E-state index contributed by atoms with van der Waals surface area (Å²) in [4.78, 5) is 54.7. The lowest BCUT2D eigenvalue weighted by Crippen LogP contribution is -2.55. The van der Waals surface area contributed by atoms with Crippen LogP contribution in [-0.2, 0) is 22.0 Å². The number of hydrogen-bond acceptors (Lipinski definition) is 6. The summed E-state index contributed by atoms with van der Waals surface area (Å²) in [6.07, 6.45) is -24.0. The van der Waals surface area contributed by atoms with Crippen molar-refractivity contribution in [3.8, 4) is 11.1 Å². The Bertz CT molecular complexity index is 3300. The number of fused-ring (bicyclic) bond motifs is 5. The first-order valence-corrected chi connectivity index (χ1v) is 21.5. The van der Waals surface area contributed by atoms with Gasteiger partial charge in [-0.3, -0.25) is 24.1 Å². The monoisotopic (exact) mass is 1010 g/mol. The number of nitrogens with zero attached hydrogens (tertiary/aromatic N) is 2. The van der Waals surface area contributed by atoms with Crippen molar-refractivity contribution in [2.75, 3.05) is 11.9 Å². The average molecular weight is 1010 g/mol. The summed E-state index contributed by atoms with van der Waals surface area (Å²) < 4.78 is 182. The number of aryl methyl sites for hydroxylation is 1. The van der Waals surface area contributed by atoms with Crippen LogP contribution in [-0.4, -0.2) is 70.5 Å². The van der Waals surface area contributed by atoms with Crippen molar-refractivity contribution in [1.29, 1.82) is 0 Å². The van der Waals surface area contributed by atoms with E-state index in [0.29, 0.717) is 48.1 Å². The van der Waals surface area contributed by atoms with E-state index >= 15 is 39.5 Å². The van der Waals surface area contributed by atoms with Crippen LogP contribution < -0.4 is 4.90 Å². The maximum absolute atomic E-state index is 15.4. The predicted molar refractivity (Wildman–Crippen MR) is 233 cm³/mol. The van der Waals surface area contributed by atoms with Gasteiger partial charge in [0.2, 0.25) is 0 Å². The molecule has 9 rings (SSSR count). The Morgan fingerprint density at radius 1 is 0.458 bits per heavy atom. The fraction of sp³-hybridized carbons (Fsp3) is 0.231. The molecule has 2 heterocycles. The zero-order valence-electron chi connectivity index (χ0n) is 37.5. The van der Waals surface area contributed by atoms with Gasteiger partial charge in [-0.05, 0) is 113 Å². The number of aliphatic hydroxyl groups is 2. The molecular formula is C52H34F12N2O6. The summed E-state index contributed by atoms with van der Waals surface area (Å²) in [6, 6.07) is 21.5. The molecule has 0 saturated heterocycles. The number of hydrogen-bond donors (Lipinski definition) is 2. The SMILES string of the molecule is Cc1ccc(C2(c3ccc(N4C(=O)c5ccc(C(C)(c6ccc7c(c6)C(=O)N(C)C7=O)C(F)(F)F)cc5C4=O)c(C(O)(C(F)(F)F)C(F)(F)F)c3)c3ccccc3-c3ccccc32)cc1C(C)(O)C(F)(F)F. The quantitative estimate of drug-likeness (QED) is 0.121. The molecule has 4 amide bonds. The Hall–Kier alpha value is -7.32. The molecule has 8 nitrogen and oxygen atoms in total. The van der Waals surface area contributed by atoms with Crippen LogP contribution in [0, 0.1) is 6.92 Å². The number of imide groups is 2. The average Bonchev–Trinajstić information content (AvgIpc) is 3.84. The second-order valence-corrected chi connectivity index (χ2v) is 18.1. The predicted octanol–water partition coefficient (Wildman–Crippen LogP) is 11.3. The van der Waals surface area contributed by atoms with E-state index in [1.165, 1.54) is 49.4 Å². The number of rotatable bonds is 7. The Morgan fingerprint density at radius 3 is 1.38 bits per heavy atom. The van der Waals surface area contributed by atoms with Gasteiger partial charge in [-0.1, -0.05) is 84.9 Å². The highest BCUT2D eigenvalue weighted by Crippen LogP contribution is 2.60. The third kappa shape index (κ3) is 6.56. The second kappa shape index (κ2) is 15.6. The van der Waals surface area contributed by atoms with E-state index < -0.39 is 121 Å². The molecule has 2 atom stereocenters. The van der Waals surface area contributed by atoms with E-state index in [9.17, 15) is 42.6 Å². The van der Waals surface area contributed by atoms with Crippen LogP contribution in [0.4, 0.5) is 58.4 Å². The highest BCUT2D eigenvalue weighted by Gasteiger charge is 2.73. The topological polar surface area (TPSA) is 115 Å². The Balaban J connectivity index is 1.29. The van der Waals surface area contributed by atoms with Crippen molar-refractivity contribution in [2.24, 2.45) is 0 Å². The zero-order chi connectivity index (χ0) is 52.8. The second-order valence-electron chi connectivity index (χ2n) is 18.1. The number of carbonyl (C=O) groups excluding carboxylic acids is 4. The van der Waals surface area contributed by atoms with Crippen molar-refractivity contribution >= 4 is 29.3 Å².